The molecule has 5 nitrogen and oxygen atoms in total. The first-order valence-corrected chi connectivity index (χ1v) is 6.18. The number of rotatable bonds is 4. The summed E-state index contributed by atoms with van der Waals surface area (Å²) in [6, 6.07) is 10.3. The molecule has 0 aliphatic heterocycles. The van der Waals surface area contributed by atoms with Gasteiger partial charge >= 0.3 is 5.97 Å². The fraction of sp³-hybridized carbons (Fsp3) is 0.200. The number of pyridine rings is 1. The van der Waals surface area contributed by atoms with Gasteiger partial charge in [0.1, 0.15) is 11.4 Å². The van der Waals surface area contributed by atoms with Crippen molar-refractivity contribution in [2.75, 3.05) is 12.4 Å². The average molecular weight is 272 g/mol. The summed E-state index contributed by atoms with van der Waals surface area (Å²) in [4.78, 5) is 15.7. The molecular formula is C15H16N2O3. The quantitative estimate of drug-likeness (QED) is 0.837. The van der Waals surface area contributed by atoms with Crippen molar-refractivity contribution in [2.45, 2.75) is 13.5 Å². The van der Waals surface area contributed by atoms with E-state index in [9.17, 15) is 9.90 Å². The Morgan fingerprint density at radius 3 is 2.90 bits per heavy atom. The highest BCUT2D eigenvalue weighted by atomic mass is 16.5. The third-order valence-corrected chi connectivity index (χ3v) is 2.83. The van der Waals surface area contributed by atoms with Crippen molar-refractivity contribution in [3.8, 4) is 5.75 Å². The number of hydrogen-bond acceptors (Lipinski definition) is 5. The molecule has 0 amide bonds. The minimum absolute atomic E-state index is 0.146. The van der Waals surface area contributed by atoms with Crippen LogP contribution in [-0.4, -0.2) is 23.2 Å². The van der Waals surface area contributed by atoms with Gasteiger partial charge in [-0.1, -0.05) is 6.07 Å². The fourth-order valence-electron chi connectivity index (χ4n) is 1.79. The maximum atomic E-state index is 11.4. The normalized spacial score (nSPS) is 10.1. The van der Waals surface area contributed by atoms with E-state index in [2.05, 4.69) is 15.0 Å². The van der Waals surface area contributed by atoms with E-state index in [-0.39, 0.29) is 11.7 Å². The molecule has 0 radical (unpaired) electrons. The van der Waals surface area contributed by atoms with Crippen molar-refractivity contribution < 1.29 is 14.6 Å². The highest BCUT2D eigenvalue weighted by molar-refractivity contribution is 5.90. The minimum Gasteiger partial charge on any atom is -0.506 e. The number of aromatic nitrogens is 1. The van der Waals surface area contributed by atoms with Crippen molar-refractivity contribution >= 4 is 11.7 Å². The van der Waals surface area contributed by atoms with E-state index in [0.29, 0.717) is 17.8 Å². The van der Waals surface area contributed by atoms with Gasteiger partial charge in [-0.3, -0.25) is 4.98 Å². The summed E-state index contributed by atoms with van der Waals surface area (Å²) >= 11 is 0. The highest BCUT2D eigenvalue weighted by Crippen LogP contribution is 2.17. The van der Waals surface area contributed by atoms with E-state index >= 15 is 0 Å². The molecule has 0 fully saturated rings. The van der Waals surface area contributed by atoms with E-state index in [1.54, 1.807) is 30.3 Å². The lowest BCUT2D eigenvalue weighted by molar-refractivity contribution is 0.0601. The second-order valence-corrected chi connectivity index (χ2v) is 4.34. The monoisotopic (exact) mass is 272 g/mol. The van der Waals surface area contributed by atoms with Gasteiger partial charge < -0.3 is 15.2 Å². The Hall–Kier alpha value is -2.56. The number of aryl methyl sites for hydroxylation is 1. The molecule has 0 aliphatic rings. The summed E-state index contributed by atoms with van der Waals surface area (Å²) in [6.45, 7) is 2.24. The SMILES string of the molecule is COC(=O)c1cccc(NCc2nc(C)ccc2O)c1. The summed E-state index contributed by atoms with van der Waals surface area (Å²) in [6.07, 6.45) is 0. The van der Waals surface area contributed by atoms with Crippen LogP contribution in [0.4, 0.5) is 5.69 Å². The fourth-order valence-corrected chi connectivity index (χ4v) is 1.79. The Balaban J connectivity index is 2.11. The van der Waals surface area contributed by atoms with Crippen molar-refractivity contribution in [3.05, 3.63) is 53.3 Å². The molecule has 0 aliphatic carbocycles. The largest absolute Gasteiger partial charge is 0.506 e. The molecule has 2 rings (SSSR count). The van der Waals surface area contributed by atoms with Crippen molar-refractivity contribution in [3.63, 3.8) is 0 Å². The first-order chi connectivity index (χ1) is 9.60. The molecule has 0 atom stereocenters. The summed E-state index contributed by atoms with van der Waals surface area (Å²) in [5, 5.41) is 12.8. The lowest BCUT2D eigenvalue weighted by Crippen LogP contribution is -2.05. The molecule has 0 bridgehead atoms. The number of carbonyl (C=O) groups is 1. The third kappa shape index (κ3) is 3.26. The highest BCUT2D eigenvalue weighted by Gasteiger charge is 2.07. The standard InChI is InChI=1S/C15H16N2O3/c1-10-6-7-14(18)13(17-10)9-16-12-5-3-4-11(8-12)15(19)20-2/h3-8,16,18H,9H2,1-2H3. The molecule has 104 valence electrons. The molecule has 5 heteroatoms. The number of hydrogen-bond donors (Lipinski definition) is 2. The number of anilines is 1. The number of esters is 1. The van der Waals surface area contributed by atoms with Crippen molar-refractivity contribution in [2.24, 2.45) is 0 Å². The molecule has 1 aromatic carbocycles. The molecular weight excluding hydrogens is 256 g/mol. The van der Waals surface area contributed by atoms with Crippen molar-refractivity contribution in [1.29, 1.82) is 0 Å². The topological polar surface area (TPSA) is 71.5 Å². The predicted molar refractivity (Wildman–Crippen MR) is 75.7 cm³/mol. The zero-order valence-corrected chi connectivity index (χ0v) is 11.4. The van der Waals surface area contributed by atoms with Gasteiger partial charge in [0.05, 0.1) is 19.2 Å². The van der Waals surface area contributed by atoms with Crippen LogP contribution in [0.3, 0.4) is 0 Å². The van der Waals surface area contributed by atoms with Gasteiger partial charge in [-0.15, -0.1) is 0 Å². The lowest BCUT2D eigenvalue weighted by atomic mass is 10.2. The maximum Gasteiger partial charge on any atom is 0.337 e. The van der Waals surface area contributed by atoms with E-state index in [0.717, 1.165) is 11.4 Å². The summed E-state index contributed by atoms with van der Waals surface area (Å²) in [5.41, 5.74) is 2.63. The van der Waals surface area contributed by atoms with Crippen LogP contribution < -0.4 is 5.32 Å². The van der Waals surface area contributed by atoms with Crippen LogP contribution in [0, 0.1) is 6.92 Å². The summed E-state index contributed by atoms with van der Waals surface area (Å²) in [7, 11) is 1.34. The Labute approximate surface area is 117 Å². The van der Waals surface area contributed by atoms with Gasteiger partial charge in [0.15, 0.2) is 0 Å². The molecule has 2 aromatic rings. The Morgan fingerprint density at radius 1 is 1.35 bits per heavy atom. The van der Waals surface area contributed by atoms with Crippen LogP contribution >= 0.6 is 0 Å². The smallest absolute Gasteiger partial charge is 0.337 e. The van der Waals surface area contributed by atoms with Crippen LogP contribution in [0.1, 0.15) is 21.7 Å². The van der Waals surface area contributed by atoms with Gasteiger partial charge in [-0.25, -0.2) is 4.79 Å². The van der Waals surface area contributed by atoms with Crippen LogP contribution in [0.2, 0.25) is 0 Å². The second-order valence-electron chi connectivity index (χ2n) is 4.34. The number of methoxy groups -OCH3 is 1. The zero-order valence-electron chi connectivity index (χ0n) is 11.4. The minimum atomic E-state index is -0.384. The maximum absolute atomic E-state index is 11.4. The average Bonchev–Trinajstić information content (AvgIpc) is 2.47. The van der Waals surface area contributed by atoms with E-state index in [1.165, 1.54) is 7.11 Å². The van der Waals surface area contributed by atoms with Crippen LogP contribution in [0.5, 0.6) is 5.75 Å². The first kappa shape index (κ1) is 13.9. The van der Waals surface area contributed by atoms with Crippen molar-refractivity contribution in [1.82, 2.24) is 4.98 Å². The van der Waals surface area contributed by atoms with Gasteiger partial charge in [0.25, 0.3) is 0 Å². The second kappa shape index (κ2) is 6.06. The van der Waals surface area contributed by atoms with E-state index in [4.69, 9.17) is 0 Å². The zero-order chi connectivity index (χ0) is 14.5. The molecule has 0 saturated heterocycles. The number of nitrogens with one attached hydrogen (secondary N) is 1. The predicted octanol–water partition coefficient (Wildman–Crippen LogP) is 2.49. The van der Waals surface area contributed by atoms with Gasteiger partial charge in [0.2, 0.25) is 0 Å². The van der Waals surface area contributed by atoms with Crippen LogP contribution in [-0.2, 0) is 11.3 Å². The van der Waals surface area contributed by atoms with E-state index < -0.39 is 0 Å². The Bertz CT molecular complexity index is 626. The molecule has 0 spiro atoms. The number of aromatic hydroxyl groups is 1. The Kier molecular flexibility index (Phi) is 4.20. The molecule has 0 saturated carbocycles. The molecule has 1 heterocycles. The van der Waals surface area contributed by atoms with Gasteiger partial charge in [-0.05, 0) is 37.3 Å². The number of ether oxygens (including phenoxy) is 1. The van der Waals surface area contributed by atoms with E-state index in [1.807, 2.05) is 13.0 Å². The molecule has 20 heavy (non-hydrogen) atoms. The summed E-state index contributed by atoms with van der Waals surface area (Å²) < 4.78 is 4.67. The number of benzene rings is 1. The van der Waals surface area contributed by atoms with Gasteiger partial charge in [-0.2, -0.15) is 0 Å². The number of nitrogens with zero attached hydrogens (tertiary/aromatic N) is 1. The lowest BCUT2D eigenvalue weighted by Gasteiger charge is -2.09. The summed E-state index contributed by atoms with van der Waals surface area (Å²) in [5.74, 6) is -0.239. The molecule has 2 N–H and O–H groups in total. The van der Waals surface area contributed by atoms with Gasteiger partial charge in [0, 0.05) is 11.4 Å². The van der Waals surface area contributed by atoms with Crippen LogP contribution in [0.15, 0.2) is 36.4 Å². The Morgan fingerprint density at radius 2 is 2.15 bits per heavy atom. The van der Waals surface area contributed by atoms with Crippen LogP contribution in [0.25, 0.3) is 0 Å². The molecule has 0 unspecified atom stereocenters. The molecule has 1 aromatic heterocycles. The first-order valence-electron chi connectivity index (χ1n) is 6.18. The third-order valence-electron chi connectivity index (χ3n) is 2.83. The number of carbonyl (C=O) groups excluding carboxylic acids is 1.